The lowest BCUT2D eigenvalue weighted by molar-refractivity contribution is -0.129. The Morgan fingerprint density at radius 2 is 1.85 bits per heavy atom. The van der Waals surface area contributed by atoms with Crippen LogP contribution in [-0.4, -0.2) is 26.0 Å². The number of nitrogen functional groups attached to an aromatic ring is 1. The van der Waals surface area contributed by atoms with E-state index in [0.29, 0.717) is 28.4 Å². The number of nitrogens with zero attached hydrogens (tertiary/aromatic N) is 3. The number of aromatic nitrogens is 3. The first-order valence-electron chi connectivity index (χ1n) is 11.7. The summed E-state index contributed by atoms with van der Waals surface area (Å²) < 4.78 is 7.05. The smallest absolute Gasteiger partial charge is 0.234 e. The van der Waals surface area contributed by atoms with Crippen molar-refractivity contribution in [2.45, 2.75) is 70.6 Å². The number of amides is 1. The maximum Gasteiger partial charge on any atom is 0.234 e. The highest BCUT2D eigenvalue weighted by Crippen LogP contribution is 2.73. The summed E-state index contributed by atoms with van der Waals surface area (Å²) in [4.78, 5) is 12.9. The third kappa shape index (κ3) is 3.50. The third-order valence-corrected chi connectivity index (χ3v) is 7.44. The second-order valence-electron chi connectivity index (χ2n) is 10.7. The zero-order valence-corrected chi connectivity index (χ0v) is 20.0. The molecule has 0 saturated heterocycles. The zero-order valence-electron chi connectivity index (χ0n) is 20.0. The minimum atomic E-state index is -1.24. The van der Waals surface area contributed by atoms with Gasteiger partial charge < -0.3 is 21.1 Å². The van der Waals surface area contributed by atoms with Gasteiger partial charge in [-0.1, -0.05) is 36.3 Å². The fourth-order valence-electron chi connectivity index (χ4n) is 5.82. The summed E-state index contributed by atoms with van der Waals surface area (Å²) in [6, 6.07) is 9.32. The minimum absolute atomic E-state index is 0.0172. The molecule has 9 heteroatoms. The van der Waals surface area contributed by atoms with Crippen molar-refractivity contribution in [2.75, 3.05) is 11.1 Å². The Balaban J connectivity index is 1.30. The molecular formula is C25H32N6O3. The van der Waals surface area contributed by atoms with Crippen LogP contribution in [0.3, 0.4) is 0 Å². The fourth-order valence-corrected chi connectivity index (χ4v) is 5.82. The number of nitrogens with one attached hydrogen (secondary N) is 1. The van der Waals surface area contributed by atoms with Crippen LogP contribution < -0.4 is 16.8 Å². The Morgan fingerprint density at radius 3 is 2.41 bits per heavy atom. The van der Waals surface area contributed by atoms with Crippen molar-refractivity contribution in [3.05, 3.63) is 47.2 Å². The van der Waals surface area contributed by atoms with Crippen LogP contribution in [-0.2, 0) is 10.2 Å². The number of nitrogens with two attached hydrogens (primary N) is 2. The molecular weight excluding hydrogens is 432 g/mol. The molecule has 2 unspecified atom stereocenters. The Kier molecular flexibility index (Phi) is 5.11. The molecule has 0 spiro atoms. The molecule has 180 valence electrons. The number of aliphatic hydroxyl groups is 1. The summed E-state index contributed by atoms with van der Waals surface area (Å²) in [5, 5.41) is 21.7. The number of carbonyl (C=O) groups excluding carboxylic acids is 1. The molecule has 9 nitrogen and oxygen atoms in total. The highest BCUT2D eigenvalue weighted by molar-refractivity contribution is 5.94. The molecule has 3 fully saturated rings. The van der Waals surface area contributed by atoms with Crippen molar-refractivity contribution in [1.29, 1.82) is 0 Å². The lowest BCUT2D eigenvalue weighted by Crippen LogP contribution is -2.62. The molecule has 1 amide bonds. The molecule has 2 atom stereocenters. The van der Waals surface area contributed by atoms with Crippen LogP contribution in [0.1, 0.15) is 82.0 Å². The summed E-state index contributed by atoms with van der Waals surface area (Å²) in [5.74, 6) is 0.145. The fraction of sp³-hybridized carbons (Fsp3) is 0.480. The second-order valence-corrected chi connectivity index (χ2v) is 10.7. The largest absolute Gasteiger partial charge is 0.384 e. The van der Waals surface area contributed by atoms with Gasteiger partial charge in [0.2, 0.25) is 11.8 Å². The molecule has 3 aromatic rings. The number of anilines is 2. The molecule has 3 saturated carbocycles. The van der Waals surface area contributed by atoms with Crippen molar-refractivity contribution in [2.24, 2.45) is 11.1 Å². The number of aliphatic hydroxyl groups excluding tert-OH is 1. The van der Waals surface area contributed by atoms with Crippen LogP contribution in [0.5, 0.6) is 0 Å². The summed E-state index contributed by atoms with van der Waals surface area (Å²) in [7, 11) is 0. The number of hydrogen-bond acceptors (Lipinski definition) is 7. The van der Waals surface area contributed by atoms with Gasteiger partial charge in [-0.3, -0.25) is 10.1 Å². The van der Waals surface area contributed by atoms with E-state index in [4.69, 9.17) is 16.0 Å². The average molecular weight is 465 g/mol. The standard InChI is InChI=1S/C25H32N6O3/c1-13(2)31-21(26)19(22(27)32)20(29-31)16-7-5-15(6-8-16)14(3)23(33)28-18-9-17(30-34-18)25-10-24(4,11-25)12-25/h5-9,13-14,22,32H,10-12,26-27H2,1-4H3,(H,28,33). The second kappa shape index (κ2) is 7.68. The summed E-state index contributed by atoms with van der Waals surface area (Å²) in [6.45, 7) is 8.05. The van der Waals surface area contributed by atoms with Crippen LogP contribution >= 0.6 is 0 Å². The first-order valence-corrected chi connectivity index (χ1v) is 11.7. The van der Waals surface area contributed by atoms with E-state index < -0.39 is 12.1 Å². The molecule has 2 heterocycles. The van der Waals surface area contributed by atoms with E-state index in [1.54, 1.807) is 4.68 Å². The van der Waals surface area contributed by atoms with Gasteiger partial charge in [0.25, 0.3) is 0 Å². The topological polar surface area (TPSA) is 145 Å². The van der Waals surface area contributed by atoms with Crippen molar-refractivity contribution < 1.29 is 14.4 Å². The van der Waals surface area contributed by atoms with E-state index in [1.807, 2.05) is 51.1 Å². The van der Waals surface area contributed by atoms with Crippen molar-refractivity contribution in [3.63, 3.8) is 0 Å². The molecule has 3 aliphatic carbocycles. The monoisotopic (exact) mass is 464 g/mol. The van der Waals surface area contributed by atoms with Crippen LogP contribution in [0, 0.1) is 5.41 Å². The molecule has 2 bridgehead atoms. The first kappa shape index (κ1) is 22.6. The molecule has 6 rings (SSSR count). The normalized spacial score (nSPS) is 24.9. The van der Waals surface area contributed by atoms with Crippen molar-refractivity contribution in [3.8, 4) is 11.3 Å². The van der Waals surface area contributed by atoms with E-state index >= 15 is 0 Å². The number of benzene rings is 1. The Labute approximate surface area is 198 Å². The van der Waals surface area contributed by atoms with E-state index in [1.165, 1.54) is 0 Å². The molecule has 0 aliphatic heterocycles. The van der Waals surface area contributed by atoms with E-state index in [9.17, 15) is 9.90 Å². The van der Waals surface area contributed by atoms with E-state index in [0.717, 1.165) is 36.1 Å². The van der Waals surface area contributed by atoms with Gasteiger partial charge >= 0.3 is 0 Å². The highest BCUT2D eigenvalue weighted by atomic mass is 16.5. The number of rotatable bonds is 7. The average Bonchev–Trinajstić information content (AvgIpc) is 3.34. The van der Waals surface area contributed by atoms with Crippen LogP contribution in [0.25, 0.3) is 11.3 Å². The quantitative estimate of drug-likeness (QED) is 0.389. The Bertz CT molecular complexity index is 1220. The number of hydrogen-bond donors (Lipinski definition) is 4. The van der Waals surface area contributed by atoms with Gasteiger partial charge in [-0.15, -0.1) is 0 Å². The lowest BCUT2D eigenvalue weighted by Gasteiger charge is -2.68. The first-order chi connectivity index (χ1) is 16.0. The van der Waals surface area contributed by atoms with Crippen LogP contribution in [0.15, 0.2) is 34.9 Å². The Hall–Kier alpha value is -3.17. The molecule has 2 aromatic heterocycles. The maximum atomic E-state index is 12.9. The maximum absolute atomic E-state index is 12.9. The third-order valence-electron chi connectivity index (χ3n) is 7.44. The van der Waals surface area contributed by atoms with E-state index in [2.05, 4.69) is 22.5 Å². The minimum Gasteiger partial charge on any atom is -0.384 e. The molecule has 0 radical (unpaired) electrons. The van der Waals surface area contributed by atoms with Gasteiger partial charge in [0.15, 0.2) is 0 Å². The van der Waals surface area contributed by atoms with E-state index in [-0.39, 0.29) is 17.4 Å². The van der Waals surface area contributed by atoms with Gasteiger partial charge in [0.1, 0.15) is 17.7 Å². The predicted molar refractivity (Wildman–Crippen MR) is 129 cm³/mol. The SMILES string of the molecule is CC(C(=O)Nc1cc(C23CC(C)(C2)C3)no1)c1ccc(-c2nn(C(C)C)c(N)c2C(N)O)cc1. The van der Waals surface area contributed by atoms with Gasteiger partial charge in [-0.2, -0.15) is 5.10 Å². The zero-order chi connectivity index (χ0) is 24.4. The number of carbonyl (C=O) groups is 1. The molecule has 3 aliphatic rings. The highest BCUT2D eigenvalue weighted by Gasteiger charge is 2.66. The lowest BCUT2D eigenvalue weighted by atomic mass is 9.35. The predicted octanol–water partition coefficient (Wildman–Crippen LogP) is 3.83. The summed E-state index contributed by atoms with van der Waals surface area (Å²) in [6.07, 6.45) is 2.19. The molecule has 1 aromatic carbocycles. The van der Waals surface area contributed by atoms with Gasteiger partial charge in [0.05, 0.1) is 17.2 Å². The summed E-state index contributed by atoms with van der Waals surface area (Å²) >= 11 is 0. The van der Waals surface area contributed by atoms with Gasteiger partial charge in [-0.05, 0) is 51.0 Å². The van der Waals surface area contributed by atoms with Gasteiger partial charge in [-0.25, -0.2) is 4.68 Å². The van der Waals surface area contributed by atoms with Crippen LogP contribution in [0.4, 0.5) is 11.7 Å². The summed E-state index contributed by atoms with van der Waals surface area (Å²) in [5.41, 5.74) is 16.0. The molecule has 6 N–H and O–H groups in total. The van der Waals surface area contributed by atoms with Crippen molar-refractivity contribution >= 4 is 17.6 Å². The van der Waals surface area contributed by atoms with Crippen molar-refractivity contribution in [1.82, 2.24) is 14.9 Å². The molecule has 34 heavy (non-hydrogen) atoms. The van der Waals surface area contributed by atoms with Crippen LogP contribution in [0.2, 0.25) is 0 Å². The Morgan fingerprint density at radius 1 is 1.21 bits per heavy atom. The van der Waals surface area contributed by atoms with Gasteiger partial charge in [0, 0.05) is 23.1 Å².